The van der Waals surface area contributed by atoms with E-state index in [1.54, 1.807) is 11.9 Å². The summed E-state index contributed by atoms with van der Waals surface area (Å²) in [7, 11) is 1.90. The summed E-state index contributed by atoms with van der Waals surface area (Å²) in [5.41, 5.74) is 3.24. The van der Waals surface area contributed by atoms with Gasteiger partial charge in [-0.15, -0.1) is 0 Å². The number of rotatable bonds is 4. The highest BCUT2D eigenvalue weighted by Gasteiger charge is 2.10. The summed E-state index contributed by atoms with van der Waals surface area (Å²) in [6.45, 7) is 4.48. The Labute approximate surface area is 105 Å². The SMILES string of the molecule is Cc1cc(SN(C)CC=O)c2n[nH]c(C)c2c1. The number of carbonyl (C=O) groups excluding carboxylic acids is 1. The number of likely N-dealkylation sites (N-methyl/N-ethyl adjacent to an activating group) is 1. The highest BCUT2D eigenvalue weighted by Crippen LogP contribution is 2.30. The second-order valence-corrected chi connectivity index (χ2v) is 5.32. The van der Waals surface area contributed by atoms with Crippen LogP contribution in [-0.2, 0) is 4.79 Å². The molecule has 1 aromatic carbocycles. The molecule has 0 saturated carbocycles. The Bertz CT molecular complexity index is 550. The first-order valence-electron chi connectivity index (χ1n) is 5.40. The van der Waals surface area contributed by atoms with Gasteiger partial charge in [-0.3, -0.25) is 5.10 Å². The van der Waals surface area contributed by atoms with Gasteiger partial charge in [0.25, 0.3) is 0 Å². The van der Waals surface area contributed by atoms with Crippen LogP contribution in [0.2, 0.25) is 0 Å². The second-order valence-electron chi connectivity index (χ2n) is 4.08. The van der Waals surface area contributed by atoms with Crippen LogP contribution in [-0.4, -0.2) is 34.4 Å². The maximum absolute atomic E-state index is 10.5. The maximum Gasteiger partial charge on any atom is 0.134 e. The zero-order valence-electron chi connectivity index (χ0n) is 10.2. The molecule has 1 heterocycles. The number of aromatic nitrogens is 2. The predicted molar refractivity (Wildman–Crippen MR) is 70.1 cm³/mol. The number of nitrogens with one attached hydrogen (secondary N) is 1. The minimum absolute atomic E-state index is 0.406. The van der Waals surface area contributed by atoms with Crippen molar-refractivity contribution in [1.82, 2.24) is 14.5 Å². The van der Waals surface area contributed by atoms with E-state index in [0.29, 0.717) is 6.54 Å². The molecule has 1 aromatic heterocycles. The number of carbonyl (C=O) groups is 1. The van der Waals surface area contributed by atoms with E-state index >= 15 is 0 Å². The molecule has 0 fully saturated rings. The summed E-state index contributed by atoms with van der Waals surface area (Å²) in [4.78, 5) is 11.5. The molecule has 17 heavy (non-hydrogen) atoms. The van der Waals surface area contributed by atoms with E-state index in [4.69, 9.17) is 0 Å². The van der Waals surface area contributed by atoms with E-state index in [-0.39, 0.29) is 0 Å². The Kier molecular flexibility index (Phi) is 3.49. The first kappa shape index (κ1) is 12.1. The molecule has 5 heteroatoms. The Morgan fingerprint density at radius 3 is 2.94 bits per heavy atom. The molecule has 2 rings (SSSR count). The van der Waals surface area contributed by atoms with Gasteiger partial charge in [-0.25, -0.2) is 4.31 Å². The van der Waals surface area contributed by atoms with Crippen molar-refractivity contribution in [3.05, 3.63) is 23.4 Å². The largest absolute Gasteiger partial charge is 0.302 e. The number of fused-ring (bicyclic) bond motifs is 1. The van der Waals surface area contributed by atoms with Crippen LogP contribution < -0.4 is 0 Å². The minimum Gasteiger partial charge on any atom is -0.302 e. The molecule has 1 N–H and O–H groups in total. The topological polar surface area (TPSA) is 49.0 Å². The van der Waals surface area contributed by atoms with Gasteiger partial charge < -0.3 is 4.79 Å². The maximum atomic E-state index is 10.5. The van der Waals surface area contributed by atoms with Gasteiger partial charge in [0.15, 0.2) is 0 Å². The molecule has 2 aromatic rings. The monoisotopic (exact) mass is 249 g/mol. The fourth-order valence-corrected chi connectivity index (χ4v) is 2.68. The van der Waals surface area contributed by atoms with Gasteiger partial charge >= 0.3 is 0 Å². The Morgan fingerprint density at radius 1 is 1.47 bits per heavy atom. The average Bonchev–Trinajstić information content (AvgIpc) is 2.61. The average molecular weight is 249 g/mol. The fourth-order valence-electron chi connectivity index (χ4n) is 1.73. The third-order valence-electron chi connectivity index (χ3n) is 2.54. The lowest BCUT2D eigenvalue weighted by molar-refractivity contribution is -0.107. The number of nitrogens with zero attached hydrogens (tertiary/aromatic N) is 2. The number of hydrogen-bond donors (Lipinski definition) is 1. The van der Waals surface area contributed by atoms with Crippen LogP contribution in [0.25, 0.3) is 10.9 Å². The smallest absolute Gasteiger partial charge is 0.134 e. The number of hydrogen-bond acceptors (Lipinski definition) is 4. The van der Waals surface area contributed by atoms with Crippen LogP contribution in [0.3, 0.4) is 0 Å². The van der Waals surface area contributed by atoms with E-state index in [0.717, 1.165) is 27.8 Å². The summed E-state index contributed by atoms with van der Waals surface area (Å²) >= 11 is 1.54. The van der Waals surface area contributed by atoms with Gasteiger partial charge in [-0.05, 0) is 50.5 Å². The lowest BCUT2D eigenvalue weighted by Gasteiger charge is -2.12. The Hall–Kier alpha value is -1.33. The molecule has 4 nitrogen and oxygen atoms in total. The molecule has 0 radical (unpaired) electrons. The van der Waals surface area contributed by atoms with Crippen LogP contribution in [0.15, 0.2) is 17.0 Å². The van der Waals surface area contributed by atoms with Gasteiger partial charge in [0.2, 0.25) is 0 Å². The van der Waals surface area contributed by atoms with Crippen LogP contribution in [0.5, 0.6) is 0 Å². The molecule has 90 valence electrons. The summed E-state index contributed by atoms with van der Waals surface area (Å²) < 4.78 is 1.89. The molecule has 0 aliphatic rings. The fraction of sp³-hybridized carbons (Fsp3) is 0.333. The number of H-pyrrole nitrogens is 1. The summed E-state index contributed by atoms with van der Waals surface area (Å²) in [6.07, 6.45) is 0.899. The first-order chi connectivity index (χ1) is 8.11. The van der Waals surface area contributed by atoms with Gasteiger partial charge in [-0.2, -0.15) is 5.10 Å². The zero-order valence-corrected chi connectivity index (χ0v) is 11.0. The molecule has 0 bridgehead atoms. The number of aryl methyl sites for hydroxylation is 2. The van der Waals surface area contributed by atoms with Gasteiger partial charge in [0.05, 0.1) is 11.4 Å². The van der Waals surface area contributed by atoms with Crippen molar-refractivity contribution in [1.29, 1.82) is 0 Å². The highest BCUT2D eigenvalue weighted by atomic mass is 32.2. The Morgan fingerprint density at radius 2 is 2.24 bits per heavy atom. The zero-order chi connectivity index (χ0) is 12.4. The van der Waals surface area contributed by atoms with Gasteiger partial charge in [0.1, 0.15) is 11.8 Å². The van der Waals surface area contributed by atoms with E-state index < -0.39 is 0 Å². The van der Waals surface area contributed by atoms with Crippen LogP contribution >= 0.6 is 11.9 Å². The second kappa shape index (κ2) is 4.89. The normalized spacial score (nSPS) is 11.3. The van der Waals surface area contributed by atoms with Crippen LogP contribution in [0, 0.1) is 13.8 Å². The van der Waals surface area contributed by atoms with Gasteiger partial charge in [-0.1, -0.05) is 0 Å². The van der Waals surface area contributed by atoms with Crippen molar-refractivity contribution in [2.24, 2.45) is 0 Å². The highest BCUT2D eigenvalue weighted by molar-refractivity contribution is 7.97. The van der Waals surface area contributed by atoms with Crippen LogP contribution in [0.4, 0.5) is 0 Å². The summed E-state index contributed by atoms with van der Waals surface area (Å²) in [5.74, 6) is 0. The number of aldehydes is 1. The van der Waals surface area contributed by atoms with Crippen molar-refractivity contribution >= 4 is 29.1 Å². The predicted octanol–water partition coefficient (Wildman–Crippen LogP) is 2.32. The Balaban J connectivity index is 2.42. The lowest BCUT2D eigenvalue weighted by Crippen LogP contribution is -2.11. The molecule has 0 saturated heterocycles. The number of benzene rings is 1. The summed E-state index contributed by atoms with van der Waals surface area (Å²) in [5, 5.41) is 8.46. The van der Waals surface area contributed by atoms with Gasteiger partial charge in [0, 0.05) is 11.1 Å². The minimum atomic E-state index is 0.406. The van der Waals surface area contributed by atoms with E-state index in [1.807, 2.05) is 18.3 Å². The van der Waals surface area contributed by atoms with E-state index in [9.17, 15) is 4.79 Å². The van der Waals surface area contributed by atoms with Crippen molar-refractivity contribution in [3.63, 3.8) is 0 Å². The molecular formula is C12H15N3OS. The molecule has 0 amide bonds. The molecule has 0 spiro atoms. The molecule has 0 atom stereocenters. The third-order valence-corrected chi connectivity index (χ3v) is 3.51. The summed E-state index contributed by atoms with van der Waals surface area (Å²) in [6, 6.07) is 4.21. The third kappa shape index (κ3) is 2.50. The quantitative estimate of drug-likeness (QED) is 0.667. The standard InChI is InChI=1S/C12H15N3OS/c1-8-6-10-9(2)13-14-12(10)11(7-8)17-15(3)4-5-16/h5-7H,4H2,1-3H3,(H,13,14). The molecule has 0 aliphatic carbocycles. The van der Waals surface area contributed by atoms with E-state index in [1.165, 1.54) is 5.56 Å². The van der Waals surface area contributed by atoms with Crippen molar-refractivity contribution in [2.75, 3.05) is 13.6 Å². The molecule has 0 unspecified atom stereocenters. The van der Waals surface area contributed by atoms with Crippen molar-refractivity contribution < 1.29 is 4.79 Å². The first-order valence-corrected chi connectivity index (χ1v) is 6.17. The molecule has 0 aliphatic heterocycles. The lowest BCUT2D eigenvalue weighted by atomic mass is 10.1. The van der Waals surface area contributed by atoms with E-state index in [2.05, 4.69) is 29.3 Å². The van der Waals surface area contributed by atoms with Crippen LogP contribution in [0.1, 0.15) is 11.3 Å². The van der Waals surface area contributed by atoms with Crippen molar-refractivity contribution in [2.45, 2.75) is 18.7 Å². The molecular weight excluding hydrogens is 234 g/mol. The number of aromatic amines is 1. The van der Waals surface area contributed by atoms with Crippen molar-refractivity contribution in [3.8, 4) is 0 Å².